The average molecular weight is 405 g/mol. The summed E-state index contributed by atoms with van der Waals surface area (Å²) < 4.78 is 1.99. The van der Waals surface area contributed by atoms with Gasteiger partial charge < -0.3 is 21.7 Å². The lowest BCUT2D eigenvalue weighted by Gasteiger charge is -2.22. The normalized spacial score (nSPS) is 22.9. The number of nitrogens with one attached hydrogen (secondary N) is 3. The quantitative estimate of drug-likeness (QED) is 0.581. The summed E-state index contributed by atoms with van der Waals surface area (Å²) in [5.74, 6) is 0.433. The van der Waals surface area contributed by atoms with Crippen LogP contribution in [0, 0.1) is 5.92 Å². The van der Waals surface area contributed by atoms with Crippen LogP contribution in [0.4, 0.5) is 17.5 Å². The van der Waals surface area contributed by atoms with Crippen molar-refractivity contribution in [2.75, 3.05) is 23.7 Å². The van der Waals surface area contributed by atoms with Crippen LogP contribution in [0.15, 0.2) is 18.6 Å². The predicted molar refractivity (Wildman–Crippen MR) is 108 cm³/mol. The van der Waals surface area contributed by atoms with E-state index in [2.05, 4.69) is 31.0 Å². The molecule has 1 amide bonds. The zero-order valence-corrected chi connectivity index (χ0v) is 16.3. The lowest BCUT2D eigenvalue weighted by atomic mass is 10.0. The summed E-state index contributed by atoms with van der Waals surface area (Å²) in [7, 11) is 0. The number of anilines is 3. The number of rotatable bonds is 6. The molecule has 10 heteroatoms. The fourth-order valence-electron chi connectivity index (χ4n) is 3.98. The van der Waals surface area contributed by atoms with Crippen LogP contribution < -0.4 is 21.7 Å². The monoisotopic (exact) mass is 404 g/mol. The van der Waals surface area contributed by atoms with Crippen LogP contribution in [-0.4, -0.2) is 44.8 Å². The van der Waals surface area contributed by atoms with Gasteiger partial charge in [0.1, 0.15) is 5.02 Å². The standard InChI is InChI=1S/C18H25ClN8O/c19-14-9-22-18(26-17(14)25-15-3-1-2-13(15)16(20)28)24-11-8-23-27(10-11)12-4-6-21-7-5-12/h8-10,12-13,15,21H,1-7H2,(H2,20,28)(H2,22,24,25,26)/t13-,15+/m1/s1. The van der Waals surface area contributed by atoms with Crippen LogP contribution in [0.3, 0.4) is 0 Å². The van der Waals surface area contributed by atoms with Crippen LogP contribution in [0.5, 0.6) is 0 Å². The molecule has 150 valence electrons. The smallest absolute Gasteiger partial charge is 0.229 e. The first kappa shape index (κ1) is 18.9. The van der Waals surface area contributed by atoms with Crippen molar-refractivity contribution < 1.29 is 4.79 Å². The molecule has 2 aromatic rings. The molecule has 0 radical (unpaired) electrons. The molecule has 2 atom stereocenters. The lowest BCUT2D eigenvalue weighted by molar-refractivity contribution is -0.121. The Kier molecular flexibility index (Phi) is 5.63. The largest absolute Gasteiger partial charge is 0.369 e. The van der Waals surface area contributed by atoms with Gasteiger partial charge in [0, 0.05) is 12.2 Å². The summed E-state index contributed by atoms with van der Waals surface area (Å²) in [5.41, 5.74) is 6.33. The van der Waals surface area contributed by atoms with Crippen molar-refractivity contribution in [3.63, 3.8) is 0 Å². The summed E-state index contributed by atoms with van der Waals surface area (Å²) in [5, 5.41) is 14.7. The van der Waals surface area contributed by atoms with Gasteiger partial charge >= 0.3 is 0 Å². The number of amides is 1. The van der Waals surface area contributed by atoms with E-state index in [1.807, 2.05) is 10.9 Å². The molecule has 2 aliphatic rings. The van der Waals surface area contributed by atoms with E-state index in [-0.39, 0.29) is 17.9 Å². The highest BCUT2D eigenvalue weighted by Crippen LogP contribution is 2.30. The molecule has 1 saturated heterocycles. The van der Waals surface area contributed by atoms with Crippen LogP contribution in [0.1, 0.15) is 38.1 Å². The SMILES string of the molecule is NC(=O)[C@@H]1CCC[C@@H]1Nc1nc(Nc2cnn(C3CCNCC3)c2)ncc1Cl. The zero-order valence-electron chi connectivity index (χ0n) is 15.6. The summed E-state index contributed by atoms with van der Waals surface area (Å²) >= 11 is 6.26. The van der Waals surface area contributed by atoms with Crippen molar-refractivity contribution in [2.45, 2.75) is 44.2 Å². The highest BCUT2D eigenvalue weighted by Gasteiger charge is 2.32. The number of halogens is 1. The van der Waals surface area contributed by atoms with Gasteiger partial charge in [-0.15, -0.1) is 0 Å². The molecule has 0 unspecified atom stereocenters. The summed E-state index contributed by atoms with van der Waals surface area (Å²) in [6, 6.07) is 0.355. The third-order valence-corrected chi connectivity index (χ3v) is 5.76. The first-order chi connectivity index (χ1) is 13.6. The van der Waals surface area contributed by atoms with Gasteiger partial charge in [-0.2, -0.15) is 10.1 Å². The second-order valence-corrected chi connectivity index (χ2v) is 7.80. The van der Waals surface area contributed by atoms with E-state index >= 15 is 0 Å². The van der Waals surface area contributed by atoms with E-state index in [4.69, 9.17) is 17.3 Å². The van der Waals surface area contributed by atoms with E-state index in [0.717, 1.165) is 50.9 Å². The Bertz CT molecular complexity index is 835. The molecular formula is C18H25ClN8O. The maximum absolute atomic E-state index is 11.6. The van der Waals surface area contributed by atoms with E-state index in [1.165, 1.54) is 0 Å². The van der Waals surface area contributed by atoms with Crippen molar-refractivity contribution >= 4 is 35.0 Å². The Labute approximate surface area is 168 Å². The minimum Gasteiger partial charge on any atom is -0.369 e. The van der Waals surface area contributed by atoms with E-state index in [9.17, 15) is 4.79 Å². The number of piperidine rings is 1. The van der Waals surface area contributed by atoms with Gasteiger partial charge in [-0.3, -0.25) is 9.48 Å². The predicted octanol–water partition coefficient (Wildman–Crippen LogP) is 2.06. The Morgan fingerprint density at radius 2 is 2.07 bits per heavy atom. The molecular weight excluding hydrogens is 380 g/mol. The Morgan fingerprint density at radius 3 is 2.86 bits per heavy atom. The van der Waals surface area contributed by atoms with Crippen molar-refractivity contribution in [2.24, 2.45) is 11.7 Å². The molecule has 9 nitrogen and oxygen atoms in total. The van der Waals surface area contributed by atoms with E-state index in [0.29, 0.717) is 22.8 Å². The first-order valence-corrected chi connectivity index (χ1v) is 10.1. The van der Waals surface area contributed by atoms with Gasteiger partial charge in [-0.1, -0.05) is 18.0 Å². The summed E-state index contributed by atoms with van der Waals surface area (Å²) in [4.78, 5) is 20.4. The average Bonchev–Trinajstić information content (AvgIpc) is 3.35. The third-order valence-electron chi connectivity index (χ3n) is 5.49. The zero-order chi connectivity index (χ0) is 19.5. The van der Waals surface area contributed by atoms with Gasteiger partial charge in [0.15, 0.2) is 5.82 Å². The van der Waals surface area contributed by atoms with Gasteiger partial charge in [-0.05, 0) is 38.8 Å². The first-order valence-electron chi connectivity index (χ1n) is 9.70. The minimum atomic E-state index is -0.288. The molecule has 3 heterocycles. The van der Waals surface area contributed by atoms with Crippen LogP contribution in [-0.2, 0) is 4.79 Å². The number of nitrogens with two attached hydrogens (primary N) is 1. The van der Waals surface area contributed by atoms with Crippen LogP contribution in [0.2, 0.25) is 5.02 Å². The van der Waals surface area contributed by atoms with Crippen molar-refractivity contribution in [1.82, 2.24) is 25.1 Å². The molecule has 0 bridgehead atoms. The number of hydrogen-bond donors (Lipinski definition) is 4. The number of aromatic nitrogens is 4. The third kappa shape index (κ3) is 4.20. The van der Waals surface area contributed by atoms with Gasteiger partial charge in [0.25, 0.3) is 0 Å². The lowest BCUT2D eigenvalue weighted by Crippen LogP contribution is -2.34. The van der Waals surface area contributed by atoms with Gasteiger partial charge in [0.2, 0.25) is 11.9 Å². The number of hydrogen-bond acceptors (Lipinski definition) is 7. The van der Waals surface area contributed by atoms with E-state index in [1.54, 1.807) is 12.4 Å². The molecule has 1 saturated carbocycles. The number of carbonyl (C=O) groups excluding carboxylic acids is 1. The number of primary amides is 1. The molecule has 0 aromatic carbocycles. The molecule has 4 rings (SSSR count). The van der Waals surface area contributed by atoms with Gasteiger partial charge in [-0.25, -0.2) is 4.98 Å². The number of nitrogens with zero attached hydrogens (tertiary/aromatic N) is 4. The maximum Gasteiger partial charge on any atom is 0.229 e. The molecule has 1 aliphatic heterocycles. The van der Waals surface area contributed by atoms with Crippen LogP contribution >= 0.6 is 11.6 Å². The maximum atomic E-state index is 11.6. The van der Waals surface area contributed by atoms with Crippen molar-refractivity contribution in [1.29, 1.82) is 0 Å². The summed E-state index contributed by atoms with van der Waals surface area (Å²) in [6.45, 7) is 2.02. The van der Waals surface area contributed by atoms with E-state index < -0.39 is 0 Å². The Hall–Kier alpha value is -2.39. The second kappa shape index (κ2) is 8.32. The number of carbonyl (C=O) groups is 1. The Balaban J connectivity index is 1.45. The van der Waals surface area contributed by atoms with Crippen molar-refractivity contribution in [3.05, 3.63) is 23.6 Å². The molecule has 5 N–H and O–H groups in total. The minimum absolute atomic E-state index is 0.0552. The van der Waals surface area contributed by atoms with Crippen LogP contribution in [0.25, 0.3) is 0 Å². The van der Waals surface area contributed by atoms with Crippen molar-refractivity contribution in [3.8, 4) is 0 Å². The fourth-order valence-corrected chi connectivity index (χ4v) is 4.13. The second-order valence-electron chi connectivity index (χ2n) is 7.40. The summed E-state index contributed by atoms with van der Waals surface area (Å²) in [6.07, 6.45) is 10.0. The topological polar surface area (TPSA) is 123 Å². The molecule has 28 heavy (non-hydrogen) atoms. The molecule has 0 spiro atoms. The highest BCUT2D eigenvalue weighted by atomic mass is 35.5. The Morgan fingerprint density at radius 1 is 1.25 bits per heavy atom. The van der Waals surface area contributed by atoms with Gasteiger partial charge in [0.05, 0.1) is 30.0 Å². The molecule has 2 fully saturated rings. The molecule has 1 aliphatic carbocycles. The highest BCUT2D eigenvalue weighted by molar-refractivity contribution is 6.32. The fraction of sp³-hybridized carbons (Fsp3) is 0.556. The molecule has 2 aromatic heterocycles.